The Morgan fingerprint density at radius 1 is 1.29 bits per heavy atom. The molecule has 0 spiro atoms. The van der Waals surface area contributed by atoms with Crippen molar-refractivity contribution in [2.75, 3.05) is 12.4 Å². The van der Waals surface area contributed by atoms with Crippen LogP contribution >= 0.6 is 11.6 Å². The highest BCUT2D eigenvalue weighted by Gasteiger charge is 2.10. The van der Waals surface area contributed by atoms with Crippen molar-refractivity contribution in [3.63, 3.8) is 0 Å². The normalized spacial score (nSPS) is 10.0. The summed E-state index contributed by atoms with van der Waals surface area (Å²) in [7, 11) is 1.54. The smallest absolute Gasteiger partial charge is 0.251 e. The van der Waals surface area contributed by atoms with Gasteiger partial charge in [-0.15, -0.1) is 0 Å². The average molecular weight is 304 g/mol. The van der Waals surface area contributed by atoms with Gasteiger partial charge < -0.3 is 10.6 Å². The molecule has 0 atom stereocenters. The minimum atomic E-state index is -0.231. The Morgan fingerprint density at radius 3 is 2.71 bits per heavy atom. The van der Waals surface area contributed by atoms with Crippen LogP contribution in [-0.2, 0) is 11.2 Å². The number of hydrogen-bond acceptors (Lipinski definition) is 3. The Balaban J connectivity index is 2.06. The summed E-state index contributed by atoms with van der Waals surface area (Å²) < 4.78 is 0. The molecule has 0 fully saturated rings. The Bertz CT molecular complexity index is 659. The van der Waals surface area contributed by atoms with Crippen LogP contribution in [-0.4, -0.2) is 23.8 Å². The van der Waals surface area contributed by atoms with Gasteiger partial charge in [0.2, 0.25) is 5.91 Å². The molecule has 21 heavy (non-hydrogen) atoms. The van der Waals surface area contributed by atoms with E-state index in [2.05, 4.69) is 15.6 Å². The molecule has 0 aliphatic carbocycles. The summed E-state index contributed by atoms with van der Waals surface area (Å²) in [4.78, 5) is 27.4. The summed E-state index contributed by atoms with van der Waals surface area (Å²) in [6.07, 6.45) is 3.49. The number of rotatable bonds is 4. The van der Waals surface area contributed by atoms with Crippen LogP contribution in [0.2, 0.25) is 5.02 Å². The molecule has 0 bridgehead atoms. The molecule has 2 aromatic rings. The second kappa shape index (κ2) is 6.85. The van der Waals surface area contributed by atoms with Crippen molar-refractivity contribution < 1.29 is 9.59 Å². The van der Waals surface area contributed by atoms with Gasteiger partial charge in [0.25, 0.3) is 5.91 Å². The first-order valence-electron chi connectivity index (χ1n) is 6.30. The van der Waals surface area contributed by atoms with Crippen LogP contribution in [0.3, 0.4) is 0 Å². The Labute approximate surface area is 127 Å². The van der Waals surface area contributed by atoms with Crippen LogP contribution in [0.15, 0.2) is 42.7 Å². The maximum absolute atomic E-state index is 11.9. The summed E-state index contributed by atoms with van der Waals surface area (Å²) >= 11 is 6.07. The zero-order chi connectivity index (χ0) is 15.2. The third kappa shape index (κ3) is 4.03. The number of halogens is 1. The summed E-state index contributed by atoms with van der Waals surface area (Å²) in [6, 6.07) is 8.31. The van der Waals surface area contributed by atoms with Crippen molar-refractivity contribution in [2.45, 2.75) is 6.42 Å². The first kappa shape index (κ1) is 15.0. The van der Waals surface area contributed by atoms with Crippen molar-refractivity contribution in [3.8, 4) is 0 Å². The highest BCUT2D eigenvalue weighted by molar-refractivity contribution is 6.34. The molecule has 5 nitrogen and oxygen atoms in total. The van der Waals surface area contributed by atoms with Crippen LogP contribution in [0.1, 0.15) is 15.9 Å². The molecule has 1 aromatic carbocycles. The molecule has 0 aliphatic heterocycles. The number of benzene rings is 1. The highest BCUT2D eigenvalue weighted by atomic mass is 35.5. The molecule has 0 unspecified atom stereocenters. The maximum Gasteiger partial charge on any atom is 0.251 e. The second-order valence-corrected chi connectivity index (χ2v) is 4.77. The fourth-order valence-electron chi connectivity index (χ4n) is 1.78. The molecular weight excluding hydrogens is 290 g/mol. The molecule has 6 heteroatoms. The van der Waals surface area contributed by atoms with Gasteiger partial charge in [-0.1, -0.05) is 17.7 Å². The molecule has 1 aromatic heterocycles. The van der Waals surface area contributed by atoms with Gasteiger partial charge in [0.1, 0.15) is 0 Å². The van der Waals surface area contributed by atoms with Crippen LogP contribution in [0.4, 0.5) is 5.69 Å². The molecule has 0 radical (unpaired) electrons. The molecule has 108 valence electrons. The van der Waals surface area contributed by atoms with E-state index in [4.69, 9.17) is 11.6 Å². The van der Waals surface area contributed by atoms with Crippen LogP contribution in [0, 0.1) is 0 Å². The number of nitrogens with one attached hydrogen (secondary N) is 2. The lowest BCUT2D eigenvalue weighted by Gasteiger charge is -2.08. The average Bonchev–Trinajstić information content (AvgIpc) is 2.49. The zero-order valence-electron chi connectivity index (χ0n) is 11.4. The summed E-state index contributed by atoms with van der Waals surface area (Å²) in [6.45, 7) is 0. The fraction of sp³-hybridized carbons (Fsp3) is 0.133. The lowest BCUT2D eigenvalue weighted by Crippen LogP contribution is -2.18. The van der Waals surface area contributed by atoms with E-state index >= 15 is 0 Å². The van der Waals surface area contributed by atoms with E-state index in [1.165, 1.54) is 6.07 Å². The van der Waals surface area contributed by atoms with Crippen molar-refractivity contribution in [1.82, 2.24) is 10.3 Å². The number of aromatic nitrogens is 1. The maximum atomic E-state index is 11.9. The van der Waals surface area contributed by atoms with Crippen molar-refractivity contribution in [3.05, 3.63) is 58.9 Å². The van der Waals surface area contributed by atoms with Gasteiger partial charge in [0.15, 0.2) is 0 Å². The minimum absolute atomic E-state index is 0.197. The minimum Gasteiger partial charge on any atom is -0.355 e. The molecule has 2 rings (SSSR count). The van der Waals surface area contributed by atoms with Gasteiger partial charge in [-0.2, -0.15) is 0 Å². The second-order valence-electron chi connectivity index (χ2n) is 4.36. The predicted octanol–water partition coefficient (Wildman–Crippen LogP) is 2.28. The van der Waals surface area contributed by atoms with Gasteiger partial charge in [0.05, 0.1) is 17.1 Å². The fourth-order valence-corrected chi connectivity index (χ4v) is 2.01. The third-order valence-corrected chi connectivity index (χ3v) is 3.13. The standard InChI is InChI=1S/C15H14ClN3O2/c1-17-15(21)11-4-5-13(12(16)8-11)19-14(20)7-10-3-2-6-18-9-10/h2-6,8-9H,7H2,1H3,(H,17,21)(H,19,20). The number of nitrogens with zero attached hydrogens (tertiary/aromatic N) is 1. The lowest BCUT2D eigenvalue weighted by molar-refractivity contribution is -0.115. The van der Waals surface area contributed by atoms with E-state index in [9.17, 15) is 9.59 Å². The number of hydrogen-bond donors (Lipinski definition) is 2. The van der Waals surface area contributed by atoms with Gasteiger partial charge in [-0.3, -0.25) is 14.6 Å². The zero-order valence-corrected chi connectivity index (χ0v) is 12.1. The van der Waals surface area contributed by atoms with Crippen LogP contribution < -0.4 is 10.6 Å². The summed E-state index contributed by atoms with van der Waals surface area (Å²) in [5, 5.41) is 5.54. The lowest BCUT2D eigenvalue weighted by atomic mass is 10.1. The molecule has 0 aliphatic rings. The van der Waals surface area contributed by atoms with E-state index in [1.807, 2.05) is 6.07 Å². The Hall–Kier alpha value is -2.40. The molecule has 0 saturated carbocycles. The number of anilines is 1. The van der Waals surface area contributed by atoms with Gasteiger partial charge >= 0.3 is 0 Å². The van der Waals surface area contributed by atoms with E-state index < -0.39 is 0 Å². The molecule has 0 saturated heterocycles. The summed E-state index contributed by atoms with van der Waals surface area (Å²) in [5.74, 6) is -0.428. The van der Waals surface area contributed by atoms with Crippen molar-refractivity contribution in [1.29, 1.82) is 0 Å². The van der Waals surface area contributed by atoms with Crippen LogP contribution in [0.25, 0.3) is 0 Å². The first-order chi connectivity index (χ1) is 10.1. The number of amides is 2. The first-order valence-corrected chi connectivity index (χ1v) is 6.68. The quantitative estimate of drug-likeness (QED) is 0.910. The number of pyridine rings is 1. The van der Waals surface area contributed by atoms with E-state index in [0.717, 1.165) is 5.56 Å². The Morgan fingerprint density at radius 2 is 2.10 bits per heavy atom. The Kier molecular flexibility index (Phi) is 4.90. The number of carbonyl (C=O) groups is 2. The molecule has 2 N–H and O–H groups in total. The summed E-state index contributed by atoms with van der Waals surface area (Å²) in [5.41, 5.74) is 1.72. The molecular formula is C15H14ClN3O2. The monoisotopic (exact) mass is 303 g/mol. The van der Waals surface area contributed by atoms with Crippen LogP contribution in [0.5, 0.6) is 0 Å². The molecule has 1 heterocycles. The van der Waals surface area contributed by atoms with E-state index in [1.54, 1.807) is 37.6 Å². The third-order valence-electron chi connectivity index (χ3n) is 2.82. The number of carbonyl (C=O) groups excluding carboxylic acids is 2. The topological polar surface area (TPSA) is 71.1 Å². The van der Waals surface area contributed by atoms with E-state index in [0.29, 0.717) is 16.3 Å². The van der Waals surface area contributed by atoms with E-state index in [-0.39, 0.29) is 18.2 Å². The van der Waals surface area contributed by atoms with Crippen molar-refractivity contribution >= 4 is 29.1 Å². The van der Waals surface area contributed by atoms with Gasteiger partial charge in [-0.25, -0.2) is 0 Å². The van der Waals surface area contributed by atoms with Gasteiger partial charge in [-0.05, 0) is 29.8 Å². The highest BCUT2D eigenvalue weighted by Crippen LogP contribution is 2.23. The van der Waals surface area contributed by atoms with Crippen molar-refractivity contribution in [2.24, 2.45) is 0 Å². The van der Waals surface area contributed by atoms with Gasteiger partial charge in [0, 0.05) is 25.0 Å². The SMILES string of the molecule is CNC(=O)c1ccc(NC(=O)Cc2cccnc2)c(Cl)c1. The predicted molar refractivity (Wildman–Crippen MR) is 81.4 cm³/mol. The largest absolute Gasteiger partial charge is 0.355 e. The molecule has 2 amide bonds.